The van der Waals surface area contributed by atoms with E-state index in [1.165, 1.54) is 18.6 Å². The molecule has 0 saturated carbocycles. The first kappa shape index (κ1) is 21.8. The van der Waals surface area contributed by atoms with Gasteiger partial charge < -0.3 is 25.1 Å². The van der Waals surface area contributed by atoms with Crippen LogP contribution in [0.5, 0.6) is 0 Å². The summed E-state index contributed by atoms with van der Waals surface area (Å²) in [5.41, 5.74) is 2.06. The number of hydrogen-bond donors (Lipinski definition) is 3. The number of H-pyrrole nitrogens is 1. The maximum atomic E-state index is 8.15. The summed E-state index contributed by atoms with van der Waals surface area (Å²) in [6, 6.07) is 4.34. The smallest absolute Gasteiger partial charge is 0.143 e. The third-order valence-electron chi connectivity index (χ3n) is 6.37. The van der Waals surface area contributed by atoms with Gasteiger partial charge >= 0.3 is 0 Å². The zero-order chi connectivity index (χ0) is 21.8. The van der Waals surface area contributed by atoms with Gasteiger partial charge in [0.2, 0.25) is 0 Å². The molecule has 3 unspecified atom stereocenters. The molecule has 0 aromatic carbocycles. The van der Waals surface area contributed by atoms with E-state index in [-0.39, 0.29) is 6.04 Å². The largest absolute Gasteiger partial charge is 0.377 e. The number of fused-ring (bicyclic) bond motifs is 2. The number of nitrogens with zero attached hydrogens (tertiary/aromatic N) is 3. The minimum atomic E-state index is 0.265. The first-order valence-corrected chi connectivity index (χ1v) is 11.1. The standard InChI is InChI=1S/C21H28N6O2.CH3B/c1-13-12-28-7-6-27(13)20-10-17(14-8-15-2-3-16(9-14)29-15)18(11-22)21(25-20)24-19-4-5-23-26-19;1-2/h4-5,10-11,13-16,22H,2-3,6-9,12H2,1H3,(H2,23,24,25,26);1H3. The maximum absolute atomic E-state index is 8.15. The Bertz CT molecular complexity index is 865. The Labute approximate surface area is 185 Å². The fourth-order valence-electron chi connectivity index (χ4n) is 4.92. The normalized spacial score (nSPS) is 27.4. The average molecular weight is 422 g/mol. The molecule has 3 N–H and O–H groups in total. The number of anilines is 3. The highest BCUT2D eigenvalue weighted by Gasteiger charge is 2.37. The number of hydrogen-bond acceptors (Lipinski definition) is 7. The molecule has 3 aliphatic rings. The molecule has 9 heteroatoms. The summed E-state index contributed by atoms with van der Waals surface area (Å²) >= 11 is 0. The first-order chi connectivity index (χ1) is 15.2. The molecule has 164 valence electrons. The van der Waals surface area contributed by atoms with Crippen LogP contribution < -0.4 is 10.2 Å². The molecule has 3 aliphatic heterocycles. The van der Waals surface area contributed by atoms with Crippen LogP contribution in [0, 0.1) is 5.41 Å². The maximum Gasteiger partial charge on any atom is 0.143 e. The Hall–Kier alpha value is -2.39. The van der Waals surface area contributed by atoms with Crippen molar-refractivity contribution in [3.8, 4) is 0 Å². The van der Waals surface area contributed by atoms with Crippen molar-refractivity contribution in [2.45, 2.75) is 63.6 Å². The molecule has 31 heavy (non-hydrogen) atoms. The lowest BCUT2D eigenvalue weighted by Crippen LogP contribution is -2.44. The molecular weight excluding hydrogens is 391 g/mol. The Morgan fingerprint density at radius 3 is 2.71 bits per heavy atom. The van der Waals surface area contributed by atoms with E-state index in [0.29, 0.717) is 37.2 Å². The molecule has 5 rings (SSSR count). The molecular formula is C22H31BN6O2. The molecule has 0 aliphatic carbocycles. The SMILES string of the molecule is CC1COCCN1c1cc(C2CC3CCC(C2)O3)c(C=N)c(Nc2ccn[nH]2)n1.[B]C. The van der Waals surface area contributed by atoms with Gasteiger partial charge in [-0.05, 0) is 50.2 Å². The number of rotatable bonds is 5. The number of morpholine rings is 1. The molecule has 0 amide bonds. The number of aromatic nitrogens is 3. The summed E-state index contributed by atoms with van der Waals surface area (Å²) in [4.78, 5) is 7.24. The van der Waals surface area contributed by atoms with E-state index < -0.39 is 0 Å². The van der Waals surface area contributed by atoms with Gasteiger partial charge in [-0.2, -0.15) is 5.10 Å². The van der Waals surface area contributed by atoms with E-state index in [4.69, 9.17) is 19.9 Å². The predicted molar refractivity (Wildman–Crippen MR) is 123 cm³/mol. The van der Waals surface area contributed by atoms with Crippen LogP contribution in [-0.2, 0) is 9.47 Å². The van der Waals surface area contributed by atoms with Crippen LogP contribution in [-0.4, -0.2) is 67.3 Å². The van der Waals surface area contributed by atoms with Gasteiger partial charge in [-0.1, -0.05) is 6.82 Å². The molecule has 8 nitrogen and oxygen atoms in total. The van der Waals surface area contributed by atoms with Gasteiger partial charge in [0.05, 0.1) is 45.5 Å². The van der Waals surface area contributed by atoms with Crippen LogP contribution in [0.15, 0.2) is 18.3 Å². The van der Waals surface area contributed by atoms with Gasteiger partial charge in [-0.3, -0.25) is 5.10 Å². The van der Waals surface area contributed by atoms with Crippen molar-refractivity contribution < 1.29 is 9.47 Å². The van der Waals surface area contributed by atoms with Gasteiger partial charge in [0, 0.05) is 24.4 Å². The van der Waals surface area contributed by atoms with Crippen LogP contribution in [0.3, 0.4) is 0 Å². The molecule has 2 bridgehead atoms. The molecule has 0 spiro atoms. The minimum absolute atomic E-state index is 0.265. The van der Waals surface area contributed by atoms with Crippen molar-refractivity contribution in [3.63, 3.8) is 0 Å². The Morgan fingerprint density at radius 2 is 2.06 bits per heavy atom. The molecule has 3 fully saturated rings. The zero-order valence-electron chi connectivity index (χ0n) is 18.3. The van der Waals surface area contributed by atoms with Crippen LogP contribution in [0.2, 0.25) is 6.82 Å². The number of pyridine rings is 1. The molecule has 3 saturated heterocycles. The molecule has 2 aromatic rings. The van der Waals surface area contributed by atoms with E-state index in [0.717, 1.165) is 49.4 Å². The van der Waals surface area contributed by atoms with E-state index in [9.17, 15) is 0 Å². The van der Waals surface area contributed by atoms with Crippen molar-refractivity contribution in [3.05, 3.63) is 29.5 Å². The number of ether oxygens (including phenoxy) is 2. The monoisotopic (exact) mass is 422 g/mol. The van der Waals surface area contributed by atoms with Gasteiger partial charge in [0.25, 0.3) is 0 Å². The lowest BCUT2D eigenvalue weighted by atomic mass is 9.86. The number of aromatic amines is 1. The predicted octanol–water partition coefficient (Wildman–Crippen LogP) is 3.40. The molecule has 2 aromatic heterocycles. The summed E-state index contributed by atoms with van der Waals surface area (Å²) in [5, 5.41) is 18.5. The highest BCUT2D eigenvalue weighted by Crippen LogP contribution is 2.43. The van der Waals surface area contributed by atoms with Crippen molar-refractivity contribution in [2.75, 3.05) is 30.0 Å². The summed E-state index contributed by atoms with van der Waals surface area (Å²) in [6.07, 6.45) is 8.17. The summed E-state index contributed by atoms with van der Waals surface area (Å²) in [7, 11) is 4.50. The summed E-state index contributed by atoms with van der Waals surface area (Å²) < 4.78 is 11.7. The van der Waals surface area contributed by atoms with Gasteiger partial charge in [0.1, 0.15) is 17.5 Å². The average Bonchev–Trinajstić information content (AvgIpc) is 3.43. The van der Waals surface area contributed by atoms with Gasteiger partial charge in [-0.15, -0.1) is 0 Å². The van der Waals surface area contributed by atoms with E-state index in [2.05, 4.69) is 41.3 Å². The second-order valence-electron chi connectivity index (χ2n) is 8.31. The van der Waals surface area contributed by atoms with Crippen molar-refractivity contribution in [2.24, 2.45) is 0 Å². The lowest BCUT2D eigenvalue weighted by molar-refractivity contribution is -0.00381. The summed E-state index contributed by atoms with van der Waals surface area (Å²) in [5.74, 6) is 2.81. The fraction of sp³-hybridized carbons (Fsp3) is 0.591. The van der Waals surface area contributed by atoms with Crippen molar-refractivity contribution in [1.82, 2.24) is 15.2 Å². The second-order valence-corrected chi connectivity index (χ2v) is 8.31. The Balaban J connectivity index is 0.00000112. The minimum Gasteiger partial charge on any atom is -0.377 e. The lowest BCUT2D eigenvalue weighted by Gasteiger charge is -2.36. The van der Waals surface area contributed by atoms with E-state index in [1.807, 2.05) is 6.07 Å². The van der Waals surface area contributed by atoms with Gasteiger partial charge in [-0.25, -0.2) is 4.98 Å². The topological polar surface area (TPSA) is 99.1 Å². The van der Waals surface area contributed by atoms with Crippen LogP contribution in [0.4, 0.5) is 17.5 Å². The number of nitrogens with one attached hydrogen (secondary N) is 3. The third kappa shape index (κ3) is 4.62. The molecule has 3 atom stereocenters. The Kier molecular flexibility index (Phi) is 6.92. The van der Waals surface area contributed by atoms with Crippen molar-refractivity contribution in [1.29, 1.82) is 5.41 Å². The summed E-state index contributed by atoms with van der Waals surface area (Å²) in [6.45, 7) is 5.90. The first-order valence-electron chi connectivity index (χ1n) is 11.1. The van der Waals surface area contributed by atoms with Crippen LogP contribution >= 0.6 is 0 Å². The van der Waals surface area contributed by atoms with Crippen LogP contribution in [0.25, 0.3) is 0 Å². The van der Waals surface area contributed by atoms with Crippen molar-refractivity contribution >= 4 is 31.5 Å². The quantitative estimate of drug-likeness (QED) is 0.505. The third-order valence-corrected chi connectivity index (χ3v) is 6.37. The second kappa shape index (κ2) is 9.83. The molecule has 2 radical (unpaired) electrons. The van der Waals surface area contributed by atoms with Crippen LogP contribution in [0.1, 0.15) is 49.7 Å². The molecule has 5 heterocycles. The highest BCUT2D eigenvalue weighted by atomic mass is 16.5. The van der Waals surface area contributed by atoms with E-state index >= 15 is 0 Å². The zero-order valence-corrected chi connectivity index (χ0v) is 18.3. The van der Waals surface area contributed by atoms with E-state index in [1.54, 1.807) is 6.20 Å². The Morgan fingerprint density at radius 1 is 1.29 bits per heavy atom. The highest BCUT2D eigenvalue weighted by molar-refractivity contribution is 6.05. The fourth-order valence-corrected chi connectivity index (χ4v) is 4.92. The van der Waals surface area contributed by atoms with Gasteiger partial charge in [0.15, 0.2) is 0 Å².